The van der Waals surface area contributed by atoms with E-state index in [2.05, 4.69) is 16.5 Å². The molecule has 1 unspecified atom stereocenters. The number of carbonyl (C=O) groups is 1. The maximum atomic E-state index is 12.1. The summed E-state index contributed by atoms with van der Waals surface area (Å²) in [7, 11) is 1.79. The predicted octanol–water partition coefficient (Wildman–Crippen LogP) is 2.58. The molecule has 0 fully saturated rings. The lowest BCUT2D eigenvalue weighted by Crippen LogP contribution is -2.28. The Morgan fingerprint density at radius 3 is 2.88 bits per heavy atom. The van der Waals surface area contributed by atoms with Crippen LogP contribution in [0.4, 0.5) is 0 Å². The first-order chi connectivity index (χ1) is 8.06. The second kappa shape index (κ2) is 6.91. The SMILES string of the molecule is CCCc1nnsc1C(=O)N(C)CCC(C)Cl. The number of carbonyl (C=O) groups excluding carboxylic acids is 1. The van der Waals surface area contributed by atoms with Crippen molar-refractivity contribution in [2.45, 2.75) is 38.5 Å². The third kappa shape index (κ3) is 4.24. The first-order valence-corrected chi connectivity index (χ1v) is 6.98. The van der Waals surface area contributed by atoms with Gasteiger partial charge >= 0.3 is 0 Å². The van der Waals surface area contributed by atoms with Crippen LogP contribution in [0.5, 0.6) is 0 Å². The van der Waals surface area contributed by atoms with Crippen molar-refractivity contribution in [3.63, 3.8) is 0 Å². The van der Waals surface area contributed by atoms with E-state index in [1.165, 1.54) is 11.5 Å². The zero-order chi connectivity index (χ0) is 12.8. The molecule has 4 nitrogen and oxygen atoms in total. The van der Waals surface area contributed by atoms with Crippen LogP contribution in [0.2, 0.25) is 0 Å². The molecule has 0 saturated heterocycles. The first kappa shape index (κ1) is 14.4. The number of alkyl halides is 1. The average molecular weight is 276 g/mol. The van der Waals surface area contributed by atoms with Crippen LogP contribution in [0, 0.1) is 0 Å². The minimum atomic E-state index is 0.000710. The number of rotatable bonds is 6. The first-order valence-electron chi connectivity index (χ1n) is 5.77. The minimum Gasteiger partial charge on any atom is -0.341 e. The van der Waals surface area contributed by atoms with E-state index in [1.54, 1.807) is 11.9 Å². The second-order valence-electron chi connectivity index (χ2n) is 4.09. The van der Waals surface area contributed by atoms with Crippen molar-refractivity contribution in [3.05, 3.63) is 10.6 Å². The molecular formula is C11H18ClN3OS. The maximum absolute atomic E-state index is 12.1. The lowest BCUT2D eigenvalue weighted by Gasteiger charge is -2.17. The molecule has 1 heterocycles. The fraction of sp³-hybridized carbons (Fsp3) is 0.727. The molecule has 0 bridgehead atoms. The van der Waals surface area contributed by atoms with Crippen LogP contribution in [0.15, 0.2) is 0 Å². The summed E-state index contributed by atoms with van der Waals surface area (Å²) in [6, 6.07) is 0. The normalized spacial score (nSPS) is 12.5. The molecule has 0 N–H and O–H groups in total. The molecule has 1 atom stereocenters. The van der Waals surface area contributed by atoms with Crippen LogP contribution >= 0.6 is 23.1 Å². The van der Waals surface area contributed by atoms with Gasteiger partial charge in [0.15, 0.2) is 0 Å². The number of nitrogens with zero attached hydrogens (tertiary/aromatic N) is 3. The van der Waals surface area contributed by atoms with Crippen molar-refractivity contribution in [1.29, 1.82) is 0 Å². The average Bonchev–Trinajstić information content (AvgIpc) is 2.73. The maximum Gasteiger partial charge on any atom is 0.267 e. The Morgan fingerprint density at radius 1 is 1.59 bits per heavy atom. The molecule has 0 saturated carbocycles. The van der Waals surface area contributed by atoms with Gasteiger partial charge in [-0.15, -0.1) is 16.7 Å². The summed E-state index contributed by atoms with van der Waals surface area (Å²) in [5.41, 5.74) is 0.813. The molecule has 0 aliphatic heterocycles. The number of amides is 1. The fourth-order valence-corrected chi connectivity index (χ4v) is 2.22. The summed E-state index contributed by atoms with van der Waals surface area (Å²) in [5, 5.41) is 4.08. The molecule has 1 aromatic rings. The Kier molecular flexibility index (Phi) is 5.85. The van der Waals surface area contributed by atoms with Crippen molar-refractivity contribution in [1.82, 2.24) is 14.5 Å². The van der Waals surface area contributed by atoms with Crippen LogP contribution < -0.4 is 0 Å². The van der Waals surface area contributed by atoms with Gasteiger partial charge in [-0.1, -0.05) is 17.8 Å². The molecule has 0 spiro atoms. The minimum absolute atomic E-state index is 0.000710. The van der Waals surface area contributed by atoms with E-state index < -0.39 is 0 Å². The van der Waals surface area contributed by atoms with Crippen LogP contribution in [-0.4, -0.2) is 39.4 Å². The summed E-state index contributed by atoms with van der Waals surface area (Å²) >= 11 is 7.05. The molecular weight excluding hydrogens is 258 g/mol. The highest BCUT2D eigenvalue weighted by Gasteiger charge is 2.19. The second-order valence-corrected chi connectivity index (χ2v) is 5.59. The molecule has 6 heteroatoms. The third-order valence-electron chi connectivity index (χ3n) is 2.45. The molecule has 0 aliphatic carbocycles. The lowest BCUT2D eigenvalue weighted by atomic mass is 10.2. The molecule has 96 valence electrons. The molecule has 0 aliphatic rings. The number of halogens is 1. The van der Waals surface area contributed by atoms with E-state index in [0.717, 1.165) is 25.0 Å². The number of hydrogen-bond donors (Lipinski definition) is 0. The molecule has 17 heavy (non-hydrogen) atoms. The van der Waals surface area contributed by atoms with Crippen molar-refractivity contribution >= 4 is 29.0 Å². The zero-order valence-electron chi connectivity index (χ0n) is 10.4. The largest absolute Gasteiger partial charge is 0.341 e. The number of aryl methyl sites for hydroxylation is 1. The highest BCUT2D eigenvalue weighted by Crippen LogP contribution is 2.15. The summed E-state index contributed by atoms with van der Waals surface area (Å²) in [6.45, 7) is 4.65. The van der Waals surface area contributed by atoms with Gasteiger partial charge in [-0.3, -0.25) is 4.79 Å². The van der Waals surface area contributed by atoms with Crippen LogP contribution in [-0.2, 0) is 6.42 Å². The Labute approximate surface area is 111 Å². The van der Waals surface area contributed by atoms with E-state index in [0.29, 0.717) is 11.4 Å². The van der Waals surface area contributed by atoms with Gasteiger partial charge in [0.1, 0.15) is 4.88 Å². The van der Waals surface area contributed by atoms with Gasteiger partial charge in [0.05, 0.1) is 5.69 Å². The van der Waals surface area contributed by atoms with Crippen molar-refractivity contribution in [3.8, 4) is 0 Å². The van der Waals surface area contributed by atoms with Gasteiger partial charge in [-0.25, -0.2) is 0 Å². The van der Waals surface area contributed by atoms with E-state index in [1.807, 2.05) is 6.92 Å². The summed E-state index contributed by atoms with van der Waals surface area (Å²) in [5.74, 6) is 0.000710. The lowest BCUT2D eigenvalue weighted by molar-refractivity contribution is 0.0797. The number of hydrogen-bond acceptors (Lipinski definition) is 4. The Bertz CT molecular complexity index is 367. The van der Waals surface area contributed by atoms with Gasteiger partial charge in [-0.2, -0.15) is 0 Å². The van der Waals surface area contributed by atoms with E-state index in [-0.39, 0.29) is 11.3 Å². The van der Waals surface area contributed by atoms with Gasteiger partial charge in [0.25, 0.3) is 5.91 Å². The molecule has 1 aromatic heterocycles. The third-order valence-corrected chi connectivity index (χ3v) is 3.42. The Hall–Kier alpha value is -0.680. The van der Waals surface area contributed by atoms with Crippen molar-refractivity contribution in [2.24, 2.45) is 0 Å². The predicted molar refractivity (Wildman–Crippen MR) is 70.8 cm³/mol. The van der Waals surface area contributed by atoms with Crippen molar-refractivity contribution in [2.75, 3.05) is 13.6 Å². The Morgan fingerprint density at radius 2 is 2.29 bits per heavy atom. The summed E-state index contributed by atoms with van der Waals surface area (Å²) in [6.07, 6.45) is 2.56. The smallest absolute Gasteiger partial charge is 0.267 e. The standard InChI is InChI=1S/C11H18ClN3OS/c1-4-5-9-10(17-14-13-9)11(16)15(3)7-6-8(2)12/h8H,4-7H2,1-3H3. The topological polar surface area (TPSA) is 46.1 Å². The summed E-state index contributed by atoms with van der Waals surface area (Å²) in [4.78, 5) is 14.5. The van der Waals surface area contributed by atoms with Gasteiger partial charge in [-0.05, 0) is 31.3 Å². The quantitative estimate of drug-likeness (QED) is 0.750. The fourth-order valence-electron chi connectivity index (χ4n) is 1.42. The van der Waals surface area contributed by atoms with Gasteiger partial charge in [0.2, 0.25) is 0 Å². The monoisotopic (exact) mass is 275 g/mol. The molecule has 0 aromatic carbocycles. The molecule has 1 rings (SSSR count). The van der Waals surface area contributed by atoms with Crippen molar-refractivity contribution < 1.29 is 4.79 Å². The van der Waals surface area contributed by atoms with E-state index >= 15 is 0 Å². The zero-order valence-corrected chi connectivity index (χ0v) is 12.0. The Balaban J connectivity index is 2.64. The van der Waals surface area contributed by atoms with E-state index in [9.17, 15) is 4.79 Å². The summed E-state index contributed by atoms with van der Waals surface area (Å²) < 4.78 is 3.86. The van der Waals surface area contributed by atoms with E-state index in [4.69, 9.17) is 11.6 Å². The highest BCUT2D eigenvalue weighted by atomic mass is 35.5. The van der Waals surface area contributed by atoms with Crippen LogP contribution in [0.25, 0.3) is 0 Å². The van der Waals surface area contributed by atoms with Crippen LogP contribution in [0.3, 0.4) is 0 Å². The highest BCUT2D eigenvalue weighted by molar-refractivity contribution is 7.07. The molecule has 1 amide bonds. The van der Waals surface area contributed by atoms with Gasteiger partial charge < -0.3 is 4.90 Å². The van der Waals surface area contributed by atoms with Crippen LogP contribution in [0.1, 0.15) is 42.1 Å². The molecule has 0 radical (unpaired) electrons. The number of aromatic nitrogens is 2. The van der Waals surface area contributed by atoms with Gasteiger partial charge in [0, 0.05) is 19.0 Å².